The van der Waals surface area contributed by atoms with Crippen LogP contribution in [0.3, 0.4) is 0 Å². The van der Waals surface area contributed by atoms with Gasteiger partial charge in [0.2, 0.25) is 11.8 Å². The molecule has 0 unspecified atom stereocenters. The van der Waals surface area contributed by atoms with Crippen LogP contribution in [-0.4, -0.2) is 40.2 Å². The Labute approximate surface area is 313 Å². The van der Waals surface area contributed by atoms with Crippen LogP contribution in [0.25, 0.3) is 11.1 Å². The number of rotatable bonds is 12. The van der Waals surface area contributed by atoms with Crippen LogP contribution in [0.4, 0.5) is 22.7 Å². The van der Waals surface area contributed by atoms with E-state index in [1.54, 1.807) is 0 Å². The lowest BCUT2D eigenvalue weighted by Crippen LogP contribution is -2.44. The van der Waals surface area contributed by atoms with E-state index in [1.807, 2.05) is 46.7 Å². The van der Waals surface area contributed by atoms with Crippen molar-refractivity contribution in [3.05, 3.63) is 126 Å². The fourth-order valence-corrected chi connectivity index (χ4v) is 7.94. The first-order valence-electron chi connectivity index (χ1n) is 19.1. The van der Waals surface area contributed by atoms with E-state index >= 15 is 0 Å². The van der Waals surface area contributed by atoms with Crippen LogP contribution in [0.2, 0.25) is 0 Å². The molecule has 1 aromatic heterocycles. The van der Waals surface area contributed by atoms with Crippen molar-refractivity contribution >= 4 is 34.6 Å². The molecule has 3 heterocycles. The van der Waals surface area contributed by atoms with E-state index in [0.717, 1.165) is 71.9 Å². The van der Waals surface area contributed by atoms with Crippen LogP contribution in [0.15, 0.2) is 109 Å². The molecule has 0 bridgehead atoms. The number of hydrogen-bond donors (Lipinski definition) is 3. The number of aromatic nitrogens is 2. The first-order chi connectivity index (χ1) is 25.8. The minimum atomic E-state index is 0.125. The molecule has 0 fully saturated rings. The highest BCUT2D eigenvalue weighted by molar-refractivity contribution is 5.96. The van der Waals surface area contributed by atoms with Crippen molar-refractivity contribution in [1.29, 1.82) is 0 Å². The van der Waals surface area contributed by atoms with E-state index in [2.05, 4.69) is 126 Å². The normalized spacial score (nSPS) is 19.3. The number of carbonyl (C=O) groups is 2. The van der Waals surface area contributed by atoms with E-state index in [-0.39, 0.29) is 36.0 Å². The third kappa shape index (κ3) is 7.86. The highest BCUT2D eigenvalue weighted by atomic mass is 16.2. The molecule has 7 rings (SSSR count). The van der Waals surface area contributed by atoms with Gasteiger partial charge in [-0.1, -0.05) is 74.5 Å². The minimum absolute atomic E-state index is 0.125. The highest BCUT2D eigenvalue weighted by Crippen LogP contribution is 2.40. The third-order valence-electron chi connectivity index (χ3n) is 10.7. The molecule has 274 valence electrons. The van der Waals surface area contributed by atoms with E-state index in [0.29, 0.717) is 12.8 Å². The predicted octanol–water partition coefficient (Wildman–Crippen LogP) is 8.72. The number of nitrogens with one attached hydrogen (secondary N) is 3. The smallest absolute Gasteiger partial charge is 0.226 e. The number of hydrogen-bond acceptors (Lipinski definition) is 6. The average Bonchev–Trinajstić information content (AvgIpc) is 3.66. The number of anilines is 4. The Morgan fingerprint density at radius 2 is 1.19 bits per heavy atom. The highest BCUT2D eigenvalue weighted by Gasteiger charge is 2.34. The zero-order chi connectivity index (χ0) is 36.9. The van der Waals surface area contributed by atoms with Crippen molar-refractivity contribution in [2.45, 2.75) is 90.6 Å². The van der Waals surface area contributed by atoms with Crippen molar-refractivity contribution in [1.82, 2.24) is 15.1 Å². The second kappa shape index (κ2) is 16.1. The van der Waals surface area contributed by atoms with Gasteiger partial charge in [0, 0.05) is 72.5 Å². The molecule has 2 aliphatic rings. The van der Waals surface area contributed by atoms with E-state index in [4.69, 9.17) is 0 Å². The molecule has 0 spiro atoms. The van der Waals surface area contributed by atoms with Gasteiger partial charge in [0.05, 0.1) is 24.8 Å². The minimum Gasteiger partial charge on any atom is -0.378 e. The standard InChI is InChI=1S/C44H51N7O2/c1-5-43(52)50-30(3)25-39(37-11-7-9-13-41(37)50)47-35-19-15-32(16-20-35)27-45-23-24-49-29-34(28-46-49)33-17-21-36(22-18-33)48-40-26-31(4)51(44(53)6-2)42-14-10-8-12-38(40)42/h7-22,28-31,39-40,45,47-48H,5-6,23-27H2,1-4H3/t30-,31-,39+,40+/m0/s1. The van der Waals surface area contributed by atoms with Gasteiger partial charge < -0.3 is 25.8 Å². The van der Waals surface area contributed by atoms with E-state index < -0.39 is 0 Å². The molecule has 0 aliphatic carbocycles. The fraction of sp³-hybridized carbons (Fsp3) is 0.341. The summed E-state index contributed by atoms with van der Waals surface area (Å²) in [4.78, 5) is 29.3. The van der Waals surface area contributed by atoms with Gasteiger partial charge >= 0.3 is 0 Å². The summed E-state index contributed by atoms with van der Waals surface area (Å²) < 4.78 is 1.99. The van der Waals surface area contributed by atoms with E-state index in [1.165, 1.54) is 11.1 Å². The summed E-state index contributed by atoms with van der Waals surface area (Å²) in [6.45, 7) is 10.5. The monoisotopic (exact) mass is 709 g/mol. The Bertz CT molecular complexity index is 2020. The van der Waals surface area contributed by atoms with Crippen molar-refractivity contribution in [3.63, 3.8) is 0 Å². The zero-order valence-corrected chi connectivity index (χ0v) is 31.3. The quantitative estimate of drug-likeness (QED) is 0.112. The van der Waals surface area contributed by atoms with Gasteiger partial charge in [-0.15, -0.1) is 0 Å². The summed E-state index contributed by atoms with van der Waals surface area (Å²) in [5.74, 6) is 0.337. The first-order valence-corrected chi connectivity index (χ1v) is 19.1. The van der Waals surface area contributed by atoms with Crippen LogP contribution in [0.5, 0.6) is 0 Å². The molecule has 4 aromatic carbocycles. The summed E-state index contributed by atoms with van der Waals surface area (Å²) in [5.41, 5.74) is 9.93. The van der Waals surface area contributed by atoms with Crippen molar-refractivity contribution in [3.8, 4) is 11.1 Å². The summed E-state index contributed by atoms with van der Waals surface area (Å²) in [5, 5.41) is 15.6. The maximum absolute atomic E-state index is 12.7. The Hall–Kier alpha value is -5.41. The number of amides is 2. The number of nitrogens with zero attached hydrogens (tertiary/aromatic N) is 4. The molecule has 2 amide bonds. The molecule has 5 aromatic rings. The maximum atomic E-state index is 12.7. The summed E-state index contributed by atoms with van der Waals surface area (Å²) in [7, 11) is 0. The number of para-hydroxylation sites is 2. The van der Waals surface area contributed by atoms with Gasteiger partial charge in [0.25, 0.3) is 0 Å². The maximum Gasteiger partial charge on any atom is 0.226 e. The molecule has 53 heavy (non-hydrogen) atoms. The van der Waals surface area contributed by atoms with Gasteiger partial charge in [0.15, 0.2) is 0 Å². The topological polar surface area (TPSA) is 94.5 Å². The van der Waals surface area contributed by atoms with Gasteiger partial charge in [-0.3, -0.25) is 14.3 Å². The van der Waals surface area contributed by atoms with Crippen LogP contribution in [0, 0.1) is 0 Å². The van der Waals surface area contributed by atoms with Gasteiger partial charge in [-0.2, -0.15) is 5.10 Å². The number of fused-ring (bicyclic) bond motifs is 2. The summed E-state index contributed by atoms with van der Waals surface area (Å²) in [6.07, 6.45) is 6.75. The largest absolute Gasteiger partial charge is 0.378 e. The molecule has 0 saturated carbocycles. The van der Waals surface area contributed by atoms with Gasteiger partial charge in [-0.05, 0) is 85.3 Å². The van der Waals surface area contributed by atoms with Crippen LogP contribution < -0.4 is 25.8 Å². The van der Waals surface area contributed by atoms with Crippen LogP contribution in [-0.2, 0) is 22.7 Å². The molecule has 4 atom stereocenters. The fourth-order valence-electron chi connectivity index (χ4n) is 7.94. The van der Waals surface area contributed by atoms with Crippen LogP contribution >= 0.6 is 0 Å². The van der Waals surface area contributed by atoms with Gasteiger partial charge in [-0.25, -0.2) is 0 Å². The third-order valence-corrected chi connectivity index (χ3v) is 10.7. The zero-order valence-electron chi connectivity index (χ0n) is 31.3. The Morgan fingerprint density at radius 1 is 0.679 bits per heavy atom. The Balaban J connectivity index is 0.890. The molecule has 0 radical (unpaired) electrons. The summed E-state index contributed by atoms with van der Waals surface area (Å²) in [6, 6.07) is 34.2. The lowest BCUT2D eigenvalue weighted by molar-refractivity contribution is -0.119. The number of benzene rings is 4. The first kappa shape index (κ1) is 36.0. The molecule has 0 saturated heterocycles. The lowest BCUT2D eigenvalue weighted by atomic mass is 9.91. The van der Waals surface area contributed by atoms with Crippen molar-refractivity contribution in [2.75, 3.05) is 27.0 Å². The van der Waals surface area contributed by atoms with E-state index in [9.17, 15) is 9.59 Å². The predicted molar refractivity (Wildman–Crippen MR) is 215 cm³/mol. The molecular formula is C44H51N7O2. The summed E-state index contributed by atoms with van der Waals surface area (Å²) >= 11 is 0. The molecule has 9 heteroatoms. The van der Waals surface area contributed by atoms with Gasteiger partial charge in [0.1, 0.15) is 0 Å². The Morgan fingerprint density at radius 3 is 1.72 bits per heavy atom. The molecular weight excluding hydrogens is 659 g/mol. The average molecular weight is 710 g/mol. The Kier molecular flexibility index (Phi) is 10.9. The van der Waals surface area contributed by atoms with Crippen molar-refractivity contribution in [2.24, 2.45) is 0 Å². The SMILES string of the molecule is CCC(=O)N1c2ccccc2[C@H](Nc2ccc(CNCCn3cc(-c4ccc(N[C@@H]5C[C@H](C)N(C(=O)CC)c6ccccc65)cc4)cn3)cc2)C[C@@H]1C. The lowest BCUT2D eigenvalue weighted by Gasteiger charge is -2.40. The molecule has 2 aliphatic heterocycles. The van der Waals surface area contributed by atoms with Crippen LogP contribution in [0.1, 0.15) is 82.2 Å². The molecule has 3 N–H and O–H groups in total. The molecule has 9 nitrogen and oxygen atoms in total. The van der Waals surface area contributed by atoms with Crippen molar-refractivity contribution < 1.29 is 9.59 Å². The second-order valence-corrected chi connectivity index (χ2v) is 14.4. The second-order valence-electron chi connectivity index (χ2n) is 14.4. The number of carbonyl (C=O) groups excluding carboxylic acids is 2.